The van der Waals surface area contributed by atoms with Gasteiger partial charge in [0.05, 0.1) is 5.52 Å². The molecular formula is C26H30ClN3O2. The van der Waals surface area contributed by atoms with Crippen molar-refractivity contribution in [2.45, 2.75) is 38.7 Å². The summed E-state index contributed by atoms with van der Waals surface area (Å²) in [6, 6.07) is 16.8. The minimum Gasteiger partial charge on any atom is -0.490 e. The van der Waals surface area contributed by atoms with Crippen LogP contribution in [-0.4, -0.2) is 41.7 Å². The number of ether oxygens (including phenoxy) is 1. The third-order valence-corrected chi connectivity index (χ3v) is 6.46. The van der Waals surface area contributed by atoms with Gasteiger partial charge in [-0.1, -0.05) is 30.3 Å². The fourth-order valence-electron chi connectivity index (χ4n) is 4.35. The van der Waals surface area contributed by atoms with Crippen LogP contribution in [0.2, 0.25) is 0 Å². The second kappa shape index (κ2) is 9.78. The van der Waals surface area contributed by atoms with Crippen LogP contribution < -0.4 is 10.1 Å². The Morgan fingerprint density at radius 1 is 1.06 bits per heavy atom. The summed E-state index contributed by atoms with van der Waals surface area (Å²) in [5.41, 5.74) is 4.61. The van der Waals surface area contributed by atoms with E-state index in [0.29, 0.717) is 5.92 Å². The van der Waals surface area contributed by atoms with E-state index in [1.54, 1.807) is 0 Å². The van der Waals surface area contributed by atoms with E-state index in [4.69, 9.17) is 4.74 Å². The first-order valence-electron chi connectivity index (χ1n) is 11.3. The number of rotatable bonds is 5. The molecule has 2 heterocycles. The van der Waals surface area contributed by atoms with Crippen molar-refractivity contribution in [3.8, 4) is 16.9 Å². The van der Waals surface area contributed by atoms with E-state index in [9.17, 15) is 4.79 Å². The summed E-state index contributed by atoms with van der Waals surface area (Å²) in [6.45, 7) is 4.46. The number of benzene rings is 2. The van der Waals surface area contributed by atoms with Gasteiger partial charge < -0.3 is 15.0 Å². The molecule has 5 nitrogen and oxygen atoms in total. The number of likely N-dealkylation sites (tertiary alicyclic amines) is 1. The summed E-state index contributed by atoms with van der Waals surface area (Å²) in [5, 5.41) is 4.22. The fourth-order valence-corrected chi connectivity index (χ4v) is 4.35. The number of urea groups is 1. The monoisotopic (exact) mass is 451 g/mol. The van der Waals surface area contributed by atoms with Crippen LogP contribution in [0.1, 0.15) is 31.2 Å². The number of amides is 2. The van der Waals surface area contributed by atoms with Gasteiger partial charge in [0.25, 0.3) is 0 Å². The van der Waals surface area contributed by atoms with Crippen LogP contribution in [0.25, 0.3) is 22.0 Å². The van der Waals surface area contributed by atoms with Crippen LogP contribution in [0.4, 0.5) is 4.79 Å². The normalized spacial score (nSPS) is 16.5. The zero-order valence-electron chi connectivity index (χ0n) is 18.4. The highest BCUT2D eigenvalue weighted by Crippen LogP contribution is 2.30. The van der Waals surface area contributed by atoms with Gasteiger partial charge in [-0.25, -0.2) is 4.79 Å². The predicted molar refractivity (Wildman–Crippen MR) is 131 cm³/mol. The van der Waals surface area contributed by atoms with Gasteiger partial charge in [0.1, 0.15) is 11.9 Å². The third-order valence-electron chi connectivity index (χ3n) is 6.46. The molecule has 0 bridgehead atoms. The van der Waals surface area contributed by atoms with Crippen molar-refractivity contribution in [2.24, 2.45) is 5.92 Å². The van der Waals surface area contributed by atoms with E-state index in [1.165, 1.54) is 29.5 Å². The number of fused-ring (bicyclic) bond motifs is 1. The number of nitrogens with zero attached hydrogens (tertiary/aromatic N) is 2. The standard InChI is InChI=1S/C26H29N3O2.ClH/c1-18-24(11-8-21-3-2-14-27-25(18)21)20-6-9-22(10-7-20)31-23-12-15-29(16-13-23)26(30)28-17-19-4-5-19;/h2-3,6-11,14,19,23H,4-5,12-13,15-17H2,1H3,(H,28,30);1H. The first-order valence-corrected chi connectivity index (χ1v) is 11.3. The van der Waals surface area contributed by atoms with Crippen molar-refractivity contribution < 1.29 is 9.53 Å². The SMILES string of the molecule is Cc1c(-c2ccc(OC3CCN(C(=O)NCC4CC4)CC3)cc2)ccc2cccnc12.Cl. The molecule has 5 rings (SSSR count). The molecule has 0 unspecified atom stereocenters. The Bertz CT molecular complexity index is 1070. The highest BCUT2D eigenvalue weighted by molar-refractivity contribution is 5.88. The molecule has 3 aromatic rings. The number of aryl methyl sites for hydroxylation is 1. The van der Waals surface area contributed by atoms with Gasteiger partial charge in [-0.3, -0.25) is 4.98 Å². The lowest BCUT2D eigenvalue weighted by Gasteiger charge is -2.32. The van der Waals surface area contributed by atoms with Crippen LogP contribution in [-0.2, 0) is 0 Å². The van der Waals surface area contributed by atoms with Crippen molar-refractivity contribution >= 4 is 29.3 Å². The molecule has 1 aliphatic carbocycles. The highest BCUT2D eigenvalue weighted by Gasteiger charge is 2.26. The lowest BCUT2D eigenvalue weighted by atomic mass is 9.98. The maximum absolute atomic E-state index is 12.2. The number of halogens is 1. The van der Waals surface area contributed by atoms with Crippen molar-refractivity contribution in [1.82, 2.24) is 15.2 Å². The molecule has 2 amide bonds. The third kappa shape index (κ3) is 4.99. The average molecular weight is 452 g/mol. The fraction of sp³-hybridized carbons (Fsp3) is 0.385. The van der Waals surface area contributed by atoms with E-state index in [0.717, 1.165) is 49.1 Å². The molecule has 2 aliphatic rings. The zero-order chi connectivity index (χ0) is 21.2. The number of piperidine rings is 1. The maximum Gasteiger partial charge on any atom is 0.317 e. The number of hydrogen-bond acceptors (Lipinski definition) is 3. The van der Waals surface area contributed by atoms with Crippen molar-refractivity contribution in [2.75, 3.05) is 19.6 Å². The number of pyridine rings is 1. The lowest BCUT2D eigenvalue weighted by molar-refractivity contribution is 0.111. The van der Waals surface area contributed by atoms with Crippen molar-refractivity contribution in [3.05, 3.63) is 60.3 Å². The summed E-state index contributed by atoms with van der Waals surface area (Å²) >= 11 is 0. The molecule has 1 saturated heterocycles. The number of carbonyl (C=O) groups is 1. The molecular weight excluding hydrogens is 422 g/mol. The Morgan fingerprint density at radius 3 is 2.53 bits per heavy atom. The van der Waals surface area contributed by atoms with Crippen LogP contribution in [0.5, 0.6) is 5.75 Å². The van der Waals surface area contributed by atoms with Crippen LogP contribution in [0, 0.1) is 12.8 Å². The summed E-state index contributed by atoms with van der Waals surface area (Å²) in [6.07, 6.45) is 6.25. The van der Waals surface area contributed by atoms with Gasteiger partial charge in [-0.2, -0.15) is 0 Å². The van der Waals surface area contributed by atoms with Crippen molar-refractivity contribution in [1.29, 1.82) is 0 Å². The highest BCUT2D eigenvalue weighted by atomic mass is 35.5. The number of aromatic nitrogens is 1. The molecule has 1 aromatic heterocycles. The van der Waals surface area contributed by atoms with Crippen LogP contribution in [0.3, 0.4) is 0 Å². The van der Waals surface area contributed by atoms with Gasteiger partial charge in [-0.15, -0.1) is 12.4 Å². The van der Waals surface area contributed by atoms with E-state index < -0.39 is 0 Å². The zero-order valence-corrected chi connectivity index (χ0v) is 19.2. The Balaban J connectivity index is 0.00000245. The number of nitrogens with one attached hydrogen (secondary N) is 1. The molecule has 1 N–H and O–H groups in total. The molecule has 168 valence electrons. The first kappa shape index (κ1) is 22.4. The number of hydrogen-bond donors (Lipinski definition) is 1. The number of carbonyl (C=O) groups excluding carboxylic acids is 1. The topological polar surface area (TPSA) is 54.5 Å². The molecule has 0 atom stereocenters. The largest absolute Gasteiger partial charge is 0.490 e. The van der Waals surface area contributed by atoms with E-state index >= 15 is 0 Å². The summed E-state index contributed by atoms with van der Waals surface area (Å²) in [7, 11) is 0. The summed E-state index contributed by atoms with van der Waals surface area (Å²) in [4.78, 5) is 18.7. The quantitative estimate of drug-likeness (QED) is 0.549. The van der Waals surface area contributed by atoms with Crippen LogP contribution in [0.15, 0.2) is 54.7 Å². The molecule has 6 heteroatoms. The van der Waals surface area contributed by atoms with Gasteiger partial charge in [0, 0.05) is 44.1 Å². The Labute approximate surface area is 195 Å². The molecule has 2 aromatic carbocycles. The van der Waals surface area contributed by atoms with Gasteiger partial charge in [-0.05, 0) is 60.6 Å². The molecule has 1 aliphatic heterocycles. The lowest BCUT2D eigenvalue weighted by Crippen LogP contribution is -2.46. The Kier molecular flexibility index (Phi) is 6.85. The molecule has 0 radical (unpaired) electrons. The molecule has 1 saturated carbocycles. The van der Waals surface area contributed by atoms with Gasteiger partial charge in [0.15, 0.2) is 0 Å². The average Bonchev–Trinajstić information content (AvgIpc) is 3.64. The maximum atomic E-state index is 12.2. The van der Waals surface area contributed by atoms with Gasteiger partial charge >= 0.3 is 6.03 Å². The second-order valence-corrected chi connectivity index (χ2v) is 8.77. The van der Waals surface area contributed by atoms with E-state index in [-0.39, 0.29) is 24.5 Å². The minimum atomic E-state index is 0. The molecule has 32 heavy (non-hydrogen) atoms. The van der Waals surface area contributed by atoms with Crippen molar-refractivity contribution in [3.63, 3.8) is 0 Å². The van der Waals surface area contributed by atoms with Gasteiger partial charge in [0.2, 0.25) is 0 Å². The smallest absolute Gasteiger partial charge is 0.317 e. The Morgan fingerprint density at radius 2 is 1.81 bits per heavy atom. The van der Waals surface area contributed by atoms with E-state index in [2.05, 4.69) is 47.6 Å². The summed E-state index contributed by atoms with van der Waals surface area (Å²) < 4.78 is 6.21. The minimum absolute atomic E-state index is 0. The summed E-state index contributed by atoms with van der Waals surface area (Å²) in [5.74, 6) is 1.60. The molecule has 0 spiro atoms. The van der Waals surface area contributed by atoms with Crippen LogP contribution >= 0.6 is 12.4 Å². The predicted octanol–water partition coefficient (Wildman–Crippen LogP) is 5.59. The second-order valence-electron chi connectivity index (χ2n) is 8.77. The first-order chi connectivity index (χ1) is 15.2. The molecule has 2 fully saturated rings. The Hall–Kier alpha value is -2.79. The van der Waals surface area contributed by atoms with E-state index in [1.807, 2.05) is 29.3 Å².